The standard InChI is InChI=1S/C21H20N2O4/c1-3-27-19-8-4-14(10-13(19)2)11-22-12-18(25)15-5-7-17(24)21-16(15)6-9-20(26)23-21/h1,4-10,18,22,24-25H,11-12H2,2H3,(H,23,26)/t18-/m0/s1. The predicted octanol–water partition coefficient (Wildman–Crippen LogP) is 2.33. The van der Waals surface area contributed by atoms with Crippen molar-refractivity contribution in [2.24, 2.45) is 0 Å². The number of aliphatic hydroxyl groups is 1. The second-order valence-corrected chi connectivity index (χ2v) is 6.25. The fourth-order valence-corrected chi connectivity index (χ4v) is 3.01. The first-order chi connectivity index (χ1) is 13.0. The lowest BCUT2D eigenvalue weighted by atomic mass is 10.0. The van der Waals surface area contributed by atoms with Crippen LogP contribution >= 0.6 is 0 Å². The number of benzene rings is 2. The number of aromatic amines is 1. The van der Waals surface area contributed by atoms with Crippen molar-refractivity contribution in [2.45, 2.75) is 19.6 Å². The molecule has 0 saturated carbocycles. The van der Waals surface area contributed by atoms with E-state index < -0.39 is 6.10 Å². The molecule has 1 heterocycles. The van der Waals surface area contributed by atoms with Gasteiger partial charge in [-0.3, -0.25) is 4.79 Å². The fraction of sp³-hybridized carbons (Fsp3) is 0.190. The van der Waals surface area contributed by atoms with Gasteiger partial charge in [-0.05, 0) is 41.8 Å². The summed E-state index contributed by atoms with van der Waals surface area (Å²) in [6.07, 6.45) is 6.50. The molecule has 6 heteroatoms. The Balaban J connectivity index is 1.70. The van der Waals surface area contributed by atoms with Crippen LogP contribution in [0.2, 0.25) is 0 Å². The number of aryl methyl sites for hydroxylation is 1. The molecule has 2 aromatic carbocycles. The monoisotopic (exact) mass is 364 g/mol. The highest BCUT2D eigenvalue weighted by molar-refractivity contribution is 5.87. The molecule has 0 fully saturated rings. The maximum atomic E-state index is 11.5. The maximum absolute atomic E-state index is 11.5. The first-order valence-corrected chi connectivity index (χ1v) is 8.45. The Morgan fingerprint density at radius 1 is 1.26 bits per heavy atom. The van der Waals surface area contributed by atoms with E-state index in [9.17, 15) is 15.0 Å². The zero-order valence-corrected chi connectivity index (χ0v) is 14.8. The molecule has 4 N–H and O–H groups in total. The van der Waals surface area contributed by atoms with E-state index in [0.29, 0.717) is 35.3 Å². The first-order valence-electron chi connectivity index (χ1n) is 8.45. The number of H-pyrrole nitrogens is 1. The fourth-order valence-electron chi connectivity index (χ4n) is 3.01. The van der Waals surface area contributed by atoms with Gasteiger partial charge in [-0.25, -0.2) is 0 Å². The van der Waals surface area contributed by atoms with Crippen molar-refractivity contribution in [1.82, 2.24) is 10.3 Å². The number of phenols is 1. The number of fused-ring (bicyclic) bond motifs is 1. The van der Waals surface area contributed by atoms with Crippen molar-refractivity contribution < 1.29 is 14.9 Å². The Kier molecular flexibility index (Phi) is 5.46. The van der Waals surface area contributed by atoms with Crippen LogP contribution in [0.1, 0.15) is 22.8 Å². The zero-order valence-electron chi connectivity index (χ0n) is 14.8. The molecule has 27 heavy (non-hydrogen) atoms. The summed E-state index contributed by atoms with van der Waals surface area (Å²) in [5.41, 5.74) is 2.60. The third-order valence-electron chi connectivity index (χ3n) is 4.34. The molecule has 0 aliphatic heterocycles. The topological polar surface area (TPSA) is 94.6 Å². The van der Waals surface area contributed by atoms with Crippen LogP contribution in [0.4, 0.5) is 0 Å². The van der Waals surface area contributed by atoms with Gasteiger partial charge < -0.3 is 25.3 Å². The molecule has 0 radical (unpaired) electrons. The first kappa shape index (κ1) is 18.5. The summed E-state index contributed by atoms with van der Waals surface area (Å²) in [6.45, 7) is 2.77. The third kappa shape index (κ3) is 4.11. The van der Waals surface area contributed by atoms with Crippen molar-refractivity contribution in [3.63, 3.8) is 0 Å². The Hall–Kier alpha value is -3.27. The lowest BCUT2D eigenvalue weighted by Gasteiger charge is -2.15. The normalized spacial score (nSPS) is 11.9. The van der Waals surface area contributed by atoms with E-state index in [-0.39, 0.29) is 11.3 Å². The Bertz CT molecular complexity index is 1070. The number of aromatic nitrogens is 1. The van der Waals surface area contributed by atoms with Gasteiger partial charge in [0.15, 0.2) is 0 Å². The average molecular weight is 364 g/mol. The molecule has 0 bridgehead atoms. The molecule has 6 nitrogen and oxygen atoms in total. The Morgan fingerprint density at radius 3 is 2.81 bits per heavy atom. The van der Waals surface area contributed by atoms with Crippen LogP contribution in [0.25, 0.3) is 10.9 Å². The highest BCUT2D eigenvalue weighted by atomic mass is 16.5. The summed E-state index contributed by atoms with van der Waals surface area (Å²) in [5, 5.41) is 24.3. The van der Waals surface area contributed by atoms with Crippen LogP contribution < -0.4 is 15.6 Å². The maximum Gasteiger partial charge on any atom is 0.248 e. The number of rotatable bonds is 6. The molecule has 0 saturated heterocycles. The van der Waals surface area contributed by atoms with Gasteiger partial charge in [0.2, 0.25) is 5.56 Å². The summed E-state index contributed by atoms with van der Waals surface area (Å²) in [6, 6.07) is 11.8. The summed E-state index contributed by atoms with van der Waals surface area (Å²) in [4.78, 5) is 14.1. The van der Waals surface area contributed by atoms with Gasteiger partial charge in [0.05, 0.1) is 11.6 Å². The van der Waals surface area contributed by atoms with Gasteiger partial charge in [0.1, 0.15) is 17.6 Å². The lowest BCUT2D eigenvalue weighted by Crippen LogP contribution is -2.21. The summed E-state index contributed by atoms with van der Waals surface area (Å²) in [5.74, 6) is 0.613. The van der Waals surface area contributed by atoms with Crippen LogP contribution in [0.3, 0.4) is 0 Å². The molecule has 0 spiro atoms. The smallest absolute Gasteiger partial charge is 0.248 e. The molecule has 1 aromatic heterocycles. The van der Waals surface area contributed by atoms with Gasteiger partial charge in [-0.2, -0.15) is 0 Å². The molecular formula is C21H20N2O4. The number of aliphatic hydroxyl groups excluding tert-OH is 1. The number of terminal acetylenes is 1. The molecule has 1 atom stereocenters. The minimum atomic E-state index is -0.802. The molecule has 0 amide bonds. The van der Waals surface area contributed by atoms with Gasteiger partial charge in [-0.1, -0.05) is 24.6 Å². The van der Waals surface area contributed by atoms with Gasteiger partial charge >= 0.3 is 0 Å². The minimum absolute atomic E-state index is 0.0311. The second kappa shape index (κ2) is 7.96. The lowest BCUT2D eigenvalue weighted by molar-refractivity contribution is 0.176. The molecule has 3 rings (SSSR count). The number of hydrogen-bond acceptors (Lipinski definition) is 5. The van der Waals surface area contributed by atoms with Gasteiger partial charge in [0.25, 0.3) is 0 Å². The molecule has 0 aliphatic rings. The number of phenolic OH excluding ortho intramolecular Hbond substituents is 1. The van der Waals surface area contributed by atoms with Crippen molar-refractivity contribution in [3.05, 3.63) is 69.5 Å². The van der Waals surface area contributed by atoms with Crippen LogP contribution in [0.15, 0.2) is 47.3 Å². The van der Waals surface area contributed by atoms with Crippen LogP contribution in [0, 0.1) is 19.5 Å². The van der Waals surface area contributed by atoms with E-state index in [0.717, 1.165) is 11.1 Å². The highest BCUT2D eigenvalue weighted by Gasteiger charge is 2.14. The average Bonchev–Trinajstić information content (AvgIpc) is 2.64. The molecular weight excluding hydrogens is 344 g/mol. The number of aromatic hydroxyl groups is 1. The quantitative estimate of drug-likeness (QED) is 0.504. The summed E-state index contributed by atoms with van der Waals surface area (Å²) in [7, 11) is 0. The second-order valence-electron chi connectivity index (χ2n) is 6.25. The molecule has 138 valence electrons. The van der Waals surface area contributed by atoms with Crippen molar-refractivity contribution in [1.29, 1.82) is 0 Å². The summed E-state index contributed by atoms with van der Waals surface area (Å²) < 4.78 is 5.07. The van der Waals surface area contributed by atoms with Gasteiger partial charge in [-0.15, -0.1) is 0 Å². The van der Waals surface area contributed by atoms with Crippen LogP contribution in [-0.2, 0) is 6.54 Å². The minimum Gasteiger partial charge on any atom is -0.506 e. The third-order valence-corrected chi connectivity index (χ3v) is 4.34. The Morgan fingerprint density at radius 2 is 2.07 bits per heavy atom. The number of nitrogens with one attached hydrogen (secondary N) is 2. The zero-order chi connectivity index (χ0) is 19.4. The van der Waals surface area contributed by atoms with E-state index in [1.54, 1.807) is 12.1 Å². The van der Waals surface area contributed by atoms with Crippen molar-refractivity contribution in [2.75, 3.05) is 6.54 Å². The molecule has 0 aliphatic carbocycles. The van der Waals surface area contributed by atoms with Crippen molar-refractivity contribution >= 4 is 10.9 Å². The number of ether oxygens (including phenoxy) is 1. The van der Waals surface area contributed by atoms with Crippen LogP contribution in [0.5, 0.6) is 11.5 Å². The molecule has 0 unspecified atom stereocenters. The van der Waals surface area contributed by atoms with Crippen molar-refractivity contribution in [3.8, 4) is 24.0 Å². The SMILES string of the molecule is C#COc1ccc(CNC[C@H](O)c2ccc(O)c3[nH]c(=O)ccc23)cc1C. The van der Waals surface area contributed by atoms with E-state index in [2.05, 4.69) is 16.4 Å². The number of pyridine rings is 1. The highest BCUT2D eigenvalue weighted by Crippen LogP contribution is 2.28. The van der Waals surface area contributed by atoms with E-state index in [4.69, 9.17) is 11.2 Å². The number of hydrogen-bond donors (Lipinski definition) is 4. The van der Waals surface area contributed by atoms with Crippen LogP contribution in [-0.4, -0.2) is 21.7 Å². The van der Waals surface area contributed by atoms with E-state index in [1.807, 2.05) is 25.1 Å². The summed E-state index contributed by atoms with van der Waals surface area (Å²) >= 11 is 0. The molecule has 3 aromatic rings. The van der Waals surface area contributed by atoms with E-state index in [1.165, 1.54) is 12.1 Å². The van der Waals surface area contributed by atoms with Gasteiger partial charge in [0, 0.05) is 24.5 Å². The predicted molar refractivity (Wildman–Crippen MR) is 104 cm³/mol. The Labute approximate surface area is 156 Å². The largest absolute Gasteiger partial charge is 0.506 e. The van der Waals surface area contributed by atoms with E-state index >= 15 is 0 Å².